The molecule has 6 nitrogen and oxygen atoms in total. The van der Waals surface area contributed by atoms with Gasteiger partial charge in [-0.2, -0.15) is 13.2 Å². The summed E-state index contributed by atoms with van der Waals surface area (Å²) in [5.74, 6) is 0.456. The van der Waals surface area contributed by atoms with E-state index in [0.717, 1.165) is 35.9 Å². The number of hydrogen-bond acceptors (Lipinski definition) is 5. The summed E-state index contributed by atoms with van der Waals surface area (Å²) in [6.07, 6.45) is -3.86. The molecule has 1 heterocycles. The minimum absolute atomic E-state index is 0.0134. The van der Waals surface area contributed by atoms with Gasteiger partial charge >= 0.3 is 6.18 Å². The van der Waals surface area contributed by atoms with Gasteiger partial charge in [0.1, 0.15) is 0 Å². The van der Waals surface area contributed by atoms with Crippen LogP contribution in [0.15, 0.2) is 76.8 Å². The van der Waals surface area contributed by atoms with Crippen molar-refractivity contribution in [2.45, 2.75) is 29.6 Å². The zero-order valence-electron chi connectivity index (χ0n) is 17.6. The second kappa shape index (κ2) is 9.47. The average molecular weight is 505 g/mol. The third-order valence-electron chi connectivity index (χ3n) is 5.02. The number of nitro benzene ring substituents is 1. The maximum absolute atomic E-state index is 13.1. The highest BCUT2D eigenvalue weighted by Gasteiger charge is 2.33. The number of nitrogens with zero attached hydrogens (tertiary/aromatic N) is 4. The third kappa shape index (κ3) is 4.92. The van der Waals surface area contributed by atoms with E-state index in [0.29, 0.717) is 28.2 Å². The van der Waals surface area contributed by atoms with Gasteiger partial charge in [0.2, 0.25) is 5.16 Å². The Balaban J connectivity index is 1.84. The monoisotopic (exact) mass is 504 g/mol. The van der Waals surface area contributed by atoms with Crippen LogP contribution in [-0.4, -0.2) is 19.7 Å². The van der Waals surface area contributed by atoms with Crippen LogP contribution >= 0.6 is 23.4 Å². The van der Waals surface area contributed by atoms with Crippen molar-refractivity contribution < 1.29 is 18.1 Å². The Labute approximate surface area is 201 Å². The maximum atomic E-state index is 13.1. The van der Waals surface area contributed by atoms with Crippen molar-refractivity contribution in [3.05, 3.63) is 93.0 Å². The number of rotatable bonds is 6. The van der Waals surface area contributed by atoms with Gasteiger partial charge < -0.3 is 0 Å². The molecule has 4 rings (SSSR count). The molecule has 0 aliphatic carbocycles. The second-order valence-corrected chi connectivity index (χ2v) is 8.65. The molecular formula is C23H16ClF3N4O2S. The first-order valence-electron chi connectivity index (χ1n) is 10.0. The first-order chi connectivity index (χ1) is 16.2. The molecule has 0 saturated heterocycles. The fourth-order valence-electron chi connectivity index (χ4n) is 3.26. The Morgan fingerprint density at radius 2 is 1.71 bits per heavy atom. The number of benzene rings is 3. The van der Waals surface area contributed by atoms with E-state index < -0.39 is 22.4 Å². The van der Waals surface area contributed by atoms with E-state index in [4.69, 9.17) is 11.6 Å². The predicted octanol–water partition coefficient (Wildman–Crippen LogP) is 7.23. The lowest BCUT2D eigenvalue weighted by Crippen LogP contribution is -2.06. The van der Waals surface area contributed by atoms with Crippen LogP contribution in [0.2, 0.25) is 5.02 Å². The highest BCUT2D eigenvalue weighted by atomic mass is 35.5. The smallest absolute Gasteiger partial charge is 0.270 e. The highest BCUT2D eigenvalue weighted by molar-refractivity contribution is 7.99. The molecule has 174 valence electrons. The standard InChI is InChI=1S/C23H16ClF3N4O2S/c1-2-14-3-10-18(11-4-14)30-21(15-5-8-17(24)9-6-15)28-29-22(30)34-20-12-7-16(23(25,26)27)13-19(20)31(32)33/h3-13H,2H2,1H3. The number of alkyl halides is 3. The maximum Gasteiger partial charge on any atom is 0.416 e. The first-order valence-corrected chi connectivity index (χ1v) is 11.2. The molecule has 3 aromatic carbocycles. The molecule has 0 spiro atoms. The topological polar surface area (TPSA) is 73.8 Å². The summed E-state index contributed by atoms with van der Waals surface area (Å²) in [7, 11) is 0. The van der Waals surface area contributed by atoms with E-state index >= 15 is 0 Å². The van der Waals surface area contributed by atoms with Gasteiger partial charge in [-0.25, -0.2) is 0 Å². The van der Waals surface area contributed by atoms with E-state index in [1.54, 1.807) is 28.8 Å². The van der Waals surface area contributed by atoms with Crippen LogP contribution in [0.3, 0.4) is 0 Å². The molecule has 0 unspecified atom stereocenters. The summed E-state index contributed by atoms with van der Waals surface area (Å²) in [5, 5.41) is 20.8. The van der Waals surface area contributed by atoms with Gasteiger partial charge in [-0.3, -0.25) is 14.7 Å². The van der Waals surface area contributed by atoms with E-state index in [2.05, 4.69) is 10.2 Å². The van der Waals surface area contributed by atoms with Gasteiger partial charge in [-0.15, -0.1) is 10.2 Å². The summed E-state index contributed by atoms with van der Waals surface area (Å²) in [4.78, 5) is 10.7. The minimum atomic E-state index is -4.70. The molecule has 4 aromatic rings. The van der Waals surface area contributed by atoms with Gasteiger partial charge in [0.15, 0.2) is 5.82 Å². The Bertz CT molecular complexity index is 1340. The zero-order chi connectivity index (χ0) is 24.5. The van der Waals surface area contributed by atoms with Crippen LogP contribution in [0.25, 0.3) is 17.1 Å². The van der Waals surface area contributed by atoms with Crippen LogP contribution in [-0.2, 0) is 12.6 Å². The van der Waals surface area contributed by atoms with E-state index in [9.17, 15) is 23.3 Å². The molecule has 0 radical (unpaired) electrons. The van der Waals surface area contributed by atoms with Gasteiger partial charge in [0, 0.05) is 22.3 Å². The van der Waals surface area contributed by atoms with Gasteiger partial charge in [0.05, 0.1) is 15.4 Å². The molecule has 0 aliphatic heterocycles. The van der Waals surface area contributed by atoms with Crippen LogP contribution in [0.1, 0.15) is 18.1 Å². The molecule has 11 heteroatoms. The van der Waals surface area contributed by atoms with Crippen molar-refractivity contribution in [2.75, 3.05) is 0 Å². The molecule has 0 fully saturated rings. The summed E-state index contributed by atoms with van der Waals surface area (Å²) >= 11 is 6.87. The number of aromatic nitrogens is 3. The number of nitro groups is 1. The summed E-state index contributed by atoms with van der Waals surface area (Å²) in [5.41, 5.74) is 0.748. The average Bonchev–Trinajstić information content (AvgIpc) is 3.22. The Morgan fingerprint density at radius 3 is 2.29 bits per heavy atom. The molecule has 0 saturated carbocycles. The fraction of sp³-hybridized carbons (Fsp3) is 0.130. The van der Waals surface area contributed by atoms with E-state index in [1.807, 2.05) is 31.2 Å². The summed E-state index contributed by atoms with van der Waals surface area (Å²) in [6.45, 7) is 2.03. The Hall–Kier alpha value is -3.37. The molecule has 0 aliphatic rings. The highest BCUT2D eigenvalue weighted by Crippen LogP contribution is 2.40. The molecular weight excluding hydrogens is 489 g/mol. The lowest BCUT2D eigenvalue weighted by molar-refractivity contribution is -0.388. The molecule has 0 atom stereocenters. The van der Waals surface area contributed by atoms with Gasteiger partial charge in [-0.1, -0.05) is 30.7 Å². The molecule has 1 aromatic heterocycles. The van der Waals surface area contributed by atoms with E-state index in [-0.39, 0.29) is 10.1 Å². The Kier molecular flexibility index (Phi) is 6.63. The van der Waals surface area contributed by atoms with Crippen LogP contribution in [0.5, 0.6) is 0 Å². The van der Waals surface area contributed by atoms with Crippen molar-refractivity contribution in [3.8, 4) is 17.1 Å². The third-order valence-corrected chi connectivity index (χ3v) is 6.29. The van der Waals surface area contributed by atoms with Gasteiger partial charge in [-0.05, 0) is 72.3 Å². The molecule has 0 N–H and O–H groups in total. The normalized spacial score (nSPS) is 11.6. The summed E-state index contributed by atoms with van der Waals surface area (Å²) < 4.78 is 41.0. The number of hydrogen-bond donors (Lipinski definition) is 0. The molecule has 0 amide bonds. The Morgan fingerprint density at radius 1 is 1.03 bits per heavy atom. The van der Waals surface area contributed by atoms with E-state index in [1.165, 1.54) is 0 Å². The van der Waals surface area contributed by atoms with Crippen LogP contribution in [0.4, 0.5) is 18.9 Å². The van der Waals surface area contributed by atoms with Gasteiger partial charge in [0.25, 0.3) is 5.69 Å². The van der Waals surface area contributed by atoms with Crippen LogP contribution in [0, 0.1) is 10.1 Å². The largest absolute Gasteiger partial charge is 0.416 e. The minimum Gasteiger partial charge on any atom is -0.270 e. The SMILES string of the molecule is CCc1ccc(-n2c(Sc3ccc(C(F)(F)F)cc3[N+](=O)[O-])nnc2-c2ccc(Cl)cc2)cc1. The van der Waals surface area contributed by atoms with Crippen molar-refractivity contribution in [1.82, 2.24) is 14.8 Å². The van der Waals surface area contributed by atoms with Crippen molar-refractivity contribution in [3.63, 3.8) is 0 Å². The van der Waals surface area contributed by atoms with Crippen molar-refractivity contribution >= 4 is 29.1 Å². The number of aryl methyl sites for hydroxylation is 1. The fourth-order valence-corrected chi connectivity index (χ4v) is 4.32. The second-order valence-electron chi connectivity index (χ2n) is 7.21. The van der Waals surface area contributed by atoms with Crippen molar-refractivity contribution in [1.29, 1.82) is 0 Å². The lowest BCUT2D eigenvalue weighted by Gasteiger charge is -2.12. The predicted molar refractivity (Wildman–Crippen MR) is 123 cm³/mol. The first kappa shape index (κ1) is 23.8. The molecule has 34 heavy (non-hydrogen) atoms. The zero-order valence-corrected chi connectivity index (χ0v) is 19.2. The lowest BCUT2D eigenvalue weighted by atomic mass is 10.1. The quantitative estimate of drug-likeness (QED) is 0.204. The number of halogens is 4. The molecule has 0 bridgehead atoms. The summed E-state index contributed by atoms with van der Waals surface area (Å²) in [6, 6.07) is 17.0. The van der Waals surface area contributed by atoms with Crippen LogP contribution < -0.4 is 0 Å². The van der Waals surface area contributed by atoms with Crippen molar-refractivity contribution in [2.24, 2.45) is 0 Å².